The van der Waals surface area contributed by atoms with Crippen LogP contribution in [0.3, 0.4) is 0 Å². The summed E-state index contributed by atoms with van der Waals surface area (Å²) >= 11 is 1.83. The SMILES string of the molecule is CC(=O)N1Cc2ccccc2C(Sc2ccccc2)C1. The molecule has 20 heavy (non-hydrogen) atoms. The van der Waals surface area contributed by atoms with Crippen molar-refractivity contribution in [2.45, 2.75) is 23.6 Å². The molecule has 0 aliphatic carbocycles. The number of benzene rings is 2. The van der Waals surface area contributed by atoms with Gasteiger partial charge in [0.15, 0.2) is 0 Å². The average Bonchev–Trinajstić information content (AvgIpc) is 2.48. The summed E-state index contributed by atoms with van der Waals surface area (Å²) in [5, 5.41) is 0.311. The van der Waals surface area contributed by atoms with Gasteiger partial charge in [-0.1, -0.05) is 42.5 Å². The molecular weight excluding hydrogens is 266 g/mol. The molecule has 1 atom stereocenters. The van der Waals surface area contributed by atoms with Crippen molar-refractivity contribution in [3.05, 3.63) is 65.7 Å². The Labute approximate surface area is 123 Å². The number of rotatable bonds is 2. The van der Waals surface area contributed by atoms with Gasteiger partial charge in [-0.05, 0) is 23.3 Å². The highest BCUT2D eigenvalue weighted by Crippen LogP contribution is 2.40. The number of carbonyl (C=O) groups excluding carboxylic acids is 1. The highest BCUT2D eigenvalue weighted by molar-refractivity contribution is 7.99. The largest absolute Gasteiger partial charge is 0.337 e. The van der Waals surface area contributed by atoms with E-state index in [0.29, 0.717) is 5.25 Å². The maximum absolute atomic E-state index is 11.7. The monoisotopic (exact) mass is 283 g/mol. The quantitative estimate of drug-likeness (QED) is 0.833. The van der Waals surface area contributed by atoms with Gasteiger partial charge in [0, 0.05) is 24.9 Å². The summed E-state index contributed by atoms with van der Waals surface area (Å²) in [6, 6.07) is 18.8. The van der Waals surface area contributed by atoms with Crippen molar-refractivity contribution in [1.29, 1.82) is 0 Å². The average molecular weight is 283 g/mol. The van der Waals surface area contributed by atoms with Gasteiger partial charge in [-0.15, -0.1) is 11.8 Å². The molecule has 0 N–H and O–H groups in total. The number of fused-ring (bicyclic) bond motifs is 1. The Hall–Kier alpha value is -1.74. The summed E-state index contributed by atoms with van der Waals surface area (Å²) in [5.74, 6) is 0.151. The lowest BCUT2D eigenvalue weighted by molar-refractivity contribution is -0.129. The Morgan fingerprint density at radius 2 is 1.80 bits per heavy atom. The lowest BCUT2D eigenvalue weighted by Gasteiger charge is -2.33. The molecule has 2 aromatic rings. The van der Waals surface area contributed by atoms with Crippen molar-refractivity contribution in [2.24, 2.45) is 0 Å². The molecule has 0 fully saturated rings. The van der Waals surface area contributed by atoms with Crippen LogP contribution in [0.4, 0.5) is 0 Å². The van der Waals surface area contributed by atoms with Crippen LogP contribution in [0.1, 0.15) is 23.3 Å². The van der Waals surface area contributed by atoms with Crippen molar-refractivity contribution < 1.29 is 4.79 Å². The topological polar surface area (TPSA) is 20.3 Å². The predicted molar refractivity (Wildman–Crippen MR) is 82.6 cm³/mol. The van der Waals surface area contributed by atoms with Crippen LogP contribution in [0.2, 0.25) is 0 Å². The number of hydrogen-bond donors (Lipinski definition) is 0. The number of hydrogen-bond acceptors (Lipinski definition) is 2. The zero-order chi connectivity index (χ0) is 13.9. The van der Waals surface area contributed by atoms with Crippen LogP contribution >= 0.6 is 11.8 Å². The lowest BCUT2D eigenvalue weighted by atomic mass is 9.99. The van der Waals surface area contributed by atoms with Gasteiger partial charge in [0.05, 0.1) is 5.25 Å². The minimum absolute atomic E-state index is 0.151. The van der Waals surface area contributed by atoms with Crippen molar-refractivity contribution in [3.8, 4) is 0 Å². The first-order valence-electron chi connectivity index (χ1n) is 6.79. The van der Waals surface area contributed by atoms with Crippen LogP contribution in [0, 0.1) is 0 Å². The Balaban J connectivity index is 1.91. The zero-order valence-electron chi connectivity index (χ0n) is 11.5. The molecule has 3 rings (SSSR count). The molecule has 3 heteroatoms. The second kappa shape index (κ2) is 5.71. The van der Waals surface area contributed by atoms with Crippen molar-refractivity contribution in [2.75, 3.05) is 6.54 Å². The second-order valence-corrected chi connectivity index (χ2v) is 6.29. The van der Waals surface area contributed by atoms with Crippen LogP contribution in [0.5, 0.6) is 0 Å². The molecule has 1 unspecified atom stereocenters. The van der Waals surface area contributed by atoms with Gasteiger partial charge in [0.2, 0.25) is 5.91 Å². The Morgan fingerprint density at radius 1 is 1.10 bits per heavy atom. The molecule has 0 aromatic heterocycles. The molecule has 0 saturated carbocycles. The summed E-state index contributed by atoms with van der Waals surface area (Å²) in [5.41, 5.74) is 2.63. The van der Waals surface area contributed by atoms with Crippen LogP contribution in [0.25, 0.3) is 0 Å². The van der Waals surface area contributed by atoms with E-state index < -0.39 is 0 Å². The van der Waals surface area contributed by atoms with E-state index in [4.69, 9.17) is 0 Å². The predicted octanol–water partition coefficient (Wildman–Crippen LogP) is 3.88. The summed E-state index contributed by atoms with van der Waals surface area (Å²) < 4.78 is 0. The maximum atomic E-state index is 11.7. The molecule has 2 nitrogen and oxygen atoms in total. The Bertz CT molecular complexity index is 611. The number of thioether (sulfide) groups is 1. The van der Waals surface area contributed by atoms with Crippen LogP contribution in [-0.2, 0) is 11.3 Å². The summed E-state index contributed by atoms with van der Waals surface area (Å²) in [6.07, 6.45) is 0. The van der Waals surface area contributed by atoms with Crippen LogP contribution in [0.15, 0.2) is 59.5 Å². The van der Waals surface area contributed by atoms with E-state index in [2.05, 4.69) is 42.5 Å². The first-order chi connectivity index (χ1) is 9.74. The first kappa shape index (κ1) is 13.3. The number of amides is 1. The van der Waals surface area contributed by atoms with E-state index in [1.807, 2.05) is 28.8 Å². The van der Waals surface area contributed by atoms with E-state index in [1.165, 1.54) is 16.0 Å². The van der Waals surface area contributed by atoms with Gasteiger partial charge in [0.25, 0.3) is 0 Å². The summed E-state index contributed by atoms with van der Waals surface area (Å²) in [7, 11) is 0. The second-order valence-electron chi connectivity index (χ2n) is 5.02. The van der Waals surface area contributed by atoms with Gasteiger partial charge >= 0.3 is 0 Å². The summed E-state index contributed by atoms with van der Waals surface area (Å²) in [4.78, 5) is 14.9. The van der Waals surface area contributed by atoms with Crippen LogP contribution < -0.4 is 0 Å². The molecule has 2 aromatic carbocycles. The normalized spacial score (nSPS) is 17.6. The van der Waals surface area contributed by atoms with Crippen LogP contribution in [-0.4, -0.2) is 17.4 Å². The fourth-order valence-electron chi connectivity index (χ4n) is 2.56. The standard InChI is InChI=1S/C17H17NOS/c1-13(19)18-11-14-7-5-6-10-16(14)17(12-18)20-15-8-3-2-4-9-15/h2-10,17H,11-12H2,1H3. The van der Waals surface area contributed by atoms with Crippen molar-refractivity contribution in [3.63, 3.8) is 0 Å². The molecule has 0 radical (unpaired) electrons. The van der Waals surface area contributed by atoms with Crippen molar-refractivity contribution in [1.82, 2.24) is 4.90 Å². The van der Waals surface area contributed by atoms with E-state index in [0.717, 1.165) is 13.1 Å². The van der Waals surface area contributed by atoms with Gasteiger partial charge in [-0.25, -0.2) is 0 Å². The molecule has 1 heterocycles. The van der Waals surface area contributed by atoms with E-state index in [1.54, 1.807) is 6.92 Å². The van der Waals surface area contributed by atoms with E-state index in [-0.39, 0.29) is 5.91 Å². The Kier molecular flexibility index (Phi) is 3.79. The molecule has 1 aliphatic heterocycles. The highest BCUT2D eigenvalue weighted by Gasteiger charge is 2.26. The lowest BCUT2D eigenvalue weighted by Crippen LogP contribution is -2.35. The smallest absolute Gasteiger partial charge is 0.219 e. The maximum Gasteiger partial charge on any atom is 0.219 e. The third-order valence-electron chi connectivity index (χ3n) is 3.62. The molecule has 0 bridgehead atoms. The van der Waals surface area contributed by atoms with E-state index >= 15 is 0 Å². The van der Waals surface area contributed by atoms with Gasteiger partial charge < -0.3 is 4.90 Å². The number of carbonyl (C=O) groups is 1. The minimum atomic E-state index is 0.151. The van der Waals surface area contributed by atoms with E-state index in [9.17, 15) is 4.79 Å². The highest BCUT2D eigenvalue weighted by atomic mass is 32.2. The number of nitrogens with zero attached hydrogens (tertiary/aromatic N) is 1. The molecule has 102 valence electrons. The fourth-order valence-corrected chi connectivity index (χ4v) is 3.82. The van der Waals surface area contributed by atoms with Gasteiger partial charge in [0.1, 0.15) is 0 Å². The molecular formula is C17H17NOS. The van der Waals surface area contributed by atoms with Gasteiger partial charge in [-0.2, -0.15) is 0 Å². The minimum Gasteiger partial charge on any atom is -0.337 e. The first-order valence-corrected chi connectivity index (χ1v) is 7.67. The Morgan fingerprint density at radius 3 is 2.55 bits per heavy atom. The molecule has 1 aliphatic rings. The van der Waals surface area contributed by atoms with Gasteiger partial charge in [-0.3, -0.25) is 4.79 Å². The molecule has 1 amide bonds. The molecule has 0 saturated heterocycles. The molecule has 0 spiro atoms. The third kappa shape index (κ3) is 2.73. The fraction of sp³-hybridized carbons (Fsp3) is 0.235. The van der Waals surface area contributed by atoms with Crippen molar-refractivity contribution >= 4 is 17.7 Å². The summed E-state index contributed by atoms with van der Waals surface area (Å²) in [6.45, 7) is 3.17. The zero-order valence-corrected chi connectivity index (χ0v) is 12.3. The third-order valence-corrected chi connectivity index (χ3v) is 4.85.